The highest BCUT2D eigenvalue weighted by Crippen LogP contribution is 2.29. The first kappa shape index (κ1) is 19.1. The third-order valence-corrected chi connectivity index (χ3v) is 3.43. The maximum Gasteiger partial charge on any atom is 0.346 e. The summed E-state index contributed by atoms with van der Waals surface area (Å²) in [5, 5.41) is 2.66. The van der Waals surface area contributed by atoms with E-state index in [0.717, 1.165) is 0 Å². The number of ether oxygens (including phenoxy) is 4. The van der Waals surface area contributed by atoms with Crippen LogP contribution < -0.4 is 19.5 Å². The Labute approximate surface area is 151 Å². The molecule has 0 saturated carbocycles. The number of anilines is 1. The Hall–Kier alpha value is -3.22. The van der Waals surface area contributed by atoms with Crippen LogP contribution in [0.25, 0.3) is 0 Å². The van der Waals surface area contributed by atoms with Gasteiger partial charge in [0.25, 0.3) is 5.91 Å². The average molecular weight is 359 g/mol. The molecule has 0 radical (unpaired) electrons. The molecule has 2 aromatic carbocycles. The van der Waals surface area contributed by atoms with Crippen molar-refractivity contribution >= 4 is 17.6 Å². The first-order valence-electron chi connectivity index (χ1n) is 8.00. The van der Waals surface area contributed by atoms with Gasteiger partial charge < -0.3 is 24.3 Å². The number of nitrogens with one attached hydrogen (secondary N) is 1. The number of hydrogen-bond donors (Lipinski definition) is 1. The topological polar surface area (TPSA) is 83.1 Å². The molecule has 0 spiro atoms. The van der Waals surface area contributed by atoms with Gasteiger partial charge in [0, 0.05) is 0 Å². The third kappa shape index (κ3) is 4.66. The van der Waals surface area contributed by atoms with Crippen LogP contribution in [0, 0.1) is 0 Å². The molecule has 0 fully saturated rings. The van der Waals surface area contributed by atoms with Gasteiger partial charge in [-0.3, -0.25) is 4.79 Å². The standard InChI is InChI=1S/C19H21NO6/c1-4-25-14-9-6-5-8-13(14)20-17(21)12-26-19(22)18-15(23-2)10-7-11-16(18)24-3/h5-11H,4,12H2,1-3H3,(H,20,21). The maximum atomic E-state index is 12.3. The lowest BCUT2D eigenvalue weighted by Crippen LogP contribution is -2.21. The Morgan fingerprint density at radius 2 is 1.54 bits per heavy atom. The van der Waals surface area contributed by atoms with Gasteiger partial charge in [-0.1, -0.05) is 18.2 Å². The van der Waals surface area contributed by atoms with E-state index < -0.39 is 18.5 Å². The van der Waals surface area contributed by atoms with Crippen LogP contribution in [0.3, 0.4) is 0 Å². The van der Waals surface area contributed by atoms with Gasteiger partial charge in [0.15, 0.2) is 6.61 Å². The molecule has 0 unspecified atom stereocenters. The summed E-state index contributed by atoms with van der Waals surface area (Å²) in [5.74, 6) is -0.0547. The molecule has 0 aliphatic heterocycles. The first-order chi connectivity index (χ1) is 12.6. The SMILES string of the molecule is CCOc1ccccc1NC(=O)COC(=O)c1c(OC)cccc1OC. The fraction of sp³-hybridized carbons (Fsp3) is 0.263. The number of carbonyl (C=O) groups is 2. The quantitative estimate of drug-likeness (QED) is 0.730. The van der Waals surface area contributed by atoms with E-state index in [1.807, 2.05) is 6.92 Å². The average Bonchev–Trinajstić information content (AvgIpc) is 2.67. The van der Waals surface area contributed by atoms with E-state index in [4.69, 9.17) is 18.9 Å². The molecular weight excluding hydrogens is 338 g/mol. The van der Waals surface area contributed by atoms with Crippen molar-refractivity contribution < 1.29 is 28.5 Å². The lowest BCUT2D eigenvalue weighted by Gasteiger charge is -2.13. The van der Waals surface area contributed by atoms with Crippen molar-refractivity contribution in [3.05, 3.63) is 48.0 Å². The van der Waals surface area contributed by atoms with Crippen LogP contribution in [0.2, 0.25) is 0 Å². The monoisotopic (exact) mass is 359 g/mol. The summed E-state index contributed by atoms with van der Waals surface area (Å²) >= 11 is 0. The van der Waals surface area contributed by atoms with Crippen LogP contribution in [0.4, 0.5) is 5.69 Å². The van der Waals surface area contributed by atoms with E-state index >= 15 is 0 Å². The number of carbonyl (C=O) groups excluding carboxylic acids is 2. The Kier molecular flexibility index (Phi) is 6.84. The van der Waals surface area contributed by atoms with E-state index in [1.165, 1.54) is 14.2 Å². The van der Waals surface area contributed by atoms with Crippen LogP contribution in [0.15, 0.2) is 42.5 Å². The zero-order valence-corrected chi connectivity index (χ0v) is 14.9. The van der Waals surface area contributed by atoms with E-state index in [1.54, 1.807) is 42.5 Å². The van der Waals surface area contributed by atoms with Crippen LogP contribution in [0.5, 0.6) is 17.2 Å². The van der Waals surface area contributed by atoms with Gasteiger partial charge in [0.05, 0.1) is 26.5 Å². The molecule has 0 aliphatic carbocycles. The molecule has 26 heavy (non-hydrogen) atoms. The summed E-state index contributed by atoms with van der Waals surface area (Å²) in [4.78, 5) is 24.5. The fourth-order valence-electron chi connectivity index (χ4n) is 2.29. The van der Waals surface area contributed by atoms with Crippen molar-refractivity contribution in [2.24, 2.45) is 0 Å². The molecule has 1 amide bonds. The van der Waals surface area contributed by atoms with Gasteiger partial charge in [0.2, 0.25) is 0 Å². The van der Waals surface area contributed by atoms with Gasteiger partial charge in [0.1, 0.15) is 22.8 Å². The van der Waals surface area contributed by atoms with Crippen molar-refractivity contribution in [1.82, 2.24) is 0 Å². The molecule has 1 N–H and O–H groups in total. The maximum absolute atomic E-state index is 12.3. The van der Waals surface area contributed by atoms with Gasteiger partial charge in [-0.05, 0) is 31.2 Å². The van der Waals surface area contributed by atoms with Crippen LogP contribution in [0.1, 0.15) is 17.3 Å². The number of para-hydroxylation sites is 2. The minimum Gasteiger partial charge on any atom is -0.496 e. The van der Waals surface area contributed by atoms with Crippen LogP contribution in [-0.2, 0) is 9.53 Å². The third-order valence-electron chi connectivity index (χ3n) is 3.43. The summed E-state index contributed by atoms with van der Waals surface area (Å²) in [5.41, 5.74) is 0.630. The Morgan fingerprint density at radius 3 is 2.15 bits per heavy atom. The molecule has 0 aliphatic rings. The minimum absolute atomic E-state index is 0.125. The molecule has 7 heteroatoms. The van der Waals surface area contributed by atoms with Crippen LogP contribution in [-0.4, -0.2) is 39.3 Å². The Bertz CT molecular complexity index is 752. The second kappa shape index (κ2) is 9.31. The van der Waals surface area contributed by atoms with E-state index in [9.17, 15) is 9.59 Å². The molecule has 0 heterocycles. The van der Waals surface area contributed by atoms with Gasteiger partial charge in [-0.15, -0.1) is 0 Å². The normalized spacial score (nSPS) is 9.96. The molecule has 0 atom stereocenters. The van der Waals surface area contributed by atoms with Crippen molar-refractivity contribution in [3.63, 3.8) is 0 Å². The van der Waals surface area contributed by atoms with Gasteiger partial charge >= 0.3 is 5.97 Å². The summed E-state index contributed by atoms with van der Waals surface area (Å²) in [6.07, 6.45) is 0. The number of rotatable bonds is 8. The predicted molar refractivity (Wildman–Crippen MR) is 96.1 cm³/mol. The fourth-order valence-corrected chi connectivity index (χ4v) is 2.29. The second-order valence-corrected chi connectivity index (χ2v) is 5.09. The highest BCUT2D eigenvalue weighted by Gasteiger charge is 2.20. The summed E-state index contributed by atoms with van der Waals surface area (Å²) in [6.45, 7) is 1.86. The number of benzene rings is 2. The lowest BCUT2D eigenvalue weighted by atomic mass is 10.2. The number of methoxy groups -OCH3 is 2. The predicted octanol–water partition coefficient (Wildman–Crippen LogP) is 2.90. The van der Waals surface area contributed by atoms with Crippen molar-refractivity contribution in [1.29, 1.82) is 0 Å². The zero-order valence-electron chi connectivity index (χ0n) is 14.9. The van der Waals surface area contributed by atoms with E-state index in [2.05, 4.69) is 5.32 Å². The molecule has 2 rings (SSSR count). The molecular formula is C19H21NO6. The van der Waals surface area contributed by atoms with E-state index in [-0.39, 0.29) is 5.56 Å². The van der Waals surface area contributed by atoms with Crippen LogP contribution >= 0.6 is 0 Å². The van der Waals surface area contributed by atoms with E-state index in [0.29, 0.717) is 29.5 Å². The Balaban J connectivity index is 2.03. The molecule has 7 nitrogen and oxygen atoms in total. The largest absolute Gasteiger partial charge is 0.496 e. The van der Waals surface area contributed by atoms with Crippen molar-refractivity contribution in [3.8, 4) is 17.2 Å². The molecule has 138 valence electrons. The molecule has 0 aromatic heterocycles. The zero-order chi connectivity index (χ0) is 18.9. The van der Waals surface area contributed by atoms with Gasteiger partial charge in [-0.25, -0.2) is 4.79 Å². The summed E-state index contributed by atoms with van der Waals surface area (Å²) < 4.78 is 20.8. The van der Waals surface area contributed by atoms with Crippen molar-refractivity contribution in [2.45, 2.75) is 6.92 Å². The number of hydrogen-bond acceptors (Lipinski definition) is 6. The number of esters is 1. The second-order valence-electron chi connectivity index (χ2n) is 5.09. The summed E-state index contributed by atoms with van der Waals surface area (Å²) in [6, 6.07) is 11.9. The van der Waals surface area contributed by atoms with Gasteiger partial charge in [-0.2, -0.15) is 0 Å². The number of amides is 1. The highest BCUT2D eigenvalue weighted by molar-refractivity contribution is 5.99. The minimum atomic E-state index is -0.715. The van der Waals surface area contributed by atoms with Crippen molar-refractivity contribution in [2.75, 3.05) is 32.8 Å². The highest BCUT2D eigenvalue weighted by atomic mass is 16.5. The Morgan fingerprint density at radius 1 is 0.923 bits per heavy atom. The summed E-state index contributed by atoms with van der Waals surface area (Å²) in [7, 11) is 2.87. The smallest absolute Gasteiger partial charge is 0.346 e. The lowest BCUT2D eigenvalue weighted by molar-refractivity contribution is -0.119. The first-order valence-corrected chi connectivity index (χ1v) is 8.00. The molecule has 0 bridgehead atoms. The molecule has 2 aromatic rings. The molecule has 0 saturated heterocycles.